The van der Waals surface area contributed by atoms with E-state index in [2.05, 4.69) is 41.1 Å². The van der Waals surface area contributed by atoms with Crippen molar-refractivity contribution in [3.63, 3.8) is 0 Å². The van der Waals surface area contributed by atoms with Gasteiger partial charge in [0.25, 0.3) is 0 Å². The van der Waals surface area contributed by atoms with Gasteiger partial charge in [-0.15, -0.1) is 16.4 Å². The van der Waals surface area contributed by atoms with Crippen LogP contribution in [0.15, 0.2) is 34.2 Å². The lowest BCUT2D eigenvalue weighted by molar-refractivity contribution is 0.00438. The Kier molecular flexibility index (Phi) is 4.91. The number of hydrogen-bond acceptors (Lipinski definition) is 9. The summed E-state index contributed by atoms with van der Waals surface area (Å²) in [5, 5.41) is 20.7. The van der Waals surface area contributed by atoms with Gasteiger partial charge in [-0.2, -0.15) is 0 Å². The number of pyridine rings is 1. The van der Waals surface area contributed by atoms with Crippen molar-refractivity contribution in [2.24, 2.45) is 5.92 Å². The zero-order valence-corrected chi connectivity index (χ0v) is 19.4. The predicted octanol–water partition coefficient (Wildman–Crippen LogP) is 2.94. The molecule has 5 heterocycles. The molecule has 11 heteroatoms. The van der Waals surface area contributed by atoms with Crippen LogP contribution in [0.2, 0.25) is 0 Å². The van der Waals surface area contributed by atoms with Gasteiger partial charge in [-0.25, -0.2) is 19.6 Å². The number of rotatable bonds is 5. The van der Waals surface area contributed by atoms with Gasteiger partial charge in [0.15, 0.2) is 0 Å². The van der Waals surface area contributed by atoms with Gasteiger partial charge in [-0.3, -0.25) is 0 Å². The Morgan fingerprint density at radius 3 is 2.84 bits per heavy atom. The van der Waals surface area contributed by atoms with E-state index in [1.165, 1.54) is 11.3 Å². The number of halogens is 1. The van der Waals surface area contributed by atoms with E-state index in [1.54, 1.807) is 4.68 Å². The number of aliphatic hydroxyl groups is 1. The Hall–Kier alpha value is -2.63. The van der Waals surface area contributed by atoms with Gasteiger partial charge in [-0.05, 0) is 41.9 Å². The monoisotopic (exact) mass is 500 g/mol. The number of thiophene rings is 1. The van der Waals surface area contributed by atoms with Crippen molar-refractivity contribution in [1.29, 1.82) is 0 Å². The highest BCUT2D eigenvalue weighted by atomic mass is 79.9. The molecular formula is C20H21BrN8OS. The number of nitrogens with zero attached hydrogens (tertiary/aromatic N) is 7. The molecule has 0 atom stereocenters. The molecule has 3 N–H and O–H groups in total. The summed E-state index contributed by atoms with van der Waals surface area (Å²) in [5.74, 6) is 1.36. The number of aromatic nitrogens is 6. The summed E-state index contributed by atoms with van der Waals surface area (Å²) in [5.41, 5.74) is 8.19. The van der Waals surface area contributed by atoms with Crippen LogP contribution in [-0.4, -0.2) is 53.7 Å². The fourth-order valence-corrected chi connectivity index (χ4v) is 5.14. The molecule has 1 aliphatic heterocycles. The largest absolute Gasteiger partial charge is 0.390 e. The number of nitrogen functional groups attached to an aromatic ring is 1. The second-order valence-electron chi connectivity index (χ2n) is 8.24. The normalized spacial score (nSPS) is 14.9. The molecule has 0 amide bonds. The van der Waals surface area contributed by atoms with E-state index >= 15 is 0 Å². The van der Waals surface area contributed by atoms with Crippen LogP contribution in [0.3, 0.4) is 0 Å². The summed E-state index contributed by atoms with van der Waals surface area (Å²) >= 11 is 5.03. The van der Waals surface area contributed by atoms with E-state index in [4.69, 9.17) is 10.7 Å². The first-order chi connectivity index (χ1) is 14.8. The van der Waals surface area contributed by atoms with Crippen LogP contribution < -0.4 is 10.6 Å². The van der Waals surface area contributed by atoms with Crippen molar-refractivity contribution < 1.29 is 5.11 Å². The molecule has 160 valence electrons. The summed E-state index contributed by atoms with van der Waals surface area (Å²) in [6.45, 7) is 5.80. The second kappa shape index (κ2) is 7.50. The zero-order chi connectivity index (χ0) is 21.8. The average Bonchev–Trinajstić information content (AvgIpc) is 3.26. The lowest BCUT2D eigenvalue weighted by Crippen LogP contribution is -2.56. The Labute approximate surface area is 191 Å². The van der Waals surface area contributed by atoms with Crippen molar-refractivity contribution in [3.05, 3.63) is 39.9 Å². The minimum absolute atomic E-state index is 0.199. The molecule has 0 unspecified atom stereocenters. The van der Waals surface area contributed by atoms with Gasteiger partial charge < -0.3 is 15.7 Å². The number of fused-ring (bicyclic) bond motifs is 1. The molecule has 0 spiro atoms. The summed E-state index contributed by atoms with van der Waals surface area (Å²) in [6, 6.07) is 5.95. The van der Waals surface area contributed by atoms with E-state index in [-0.39, 0.29) is 11.9 Å². The van der Waals surface area contributed by atoms with Crippen LogP contribution in [0.25, 0.3) is 21.6 Å². The van der Waals surface area contributed by atoms with Crippen LogP contribution in [0.1, 0.15) is 19.5 Å². The molecule has 0 aromatic carbocycles. The lowest BCUT2D eigenvalue weighted by atomic mass is 9.84. The lowest BCUT2D eigenvalue weighted by Gasteiger charge is -2.45. The van der Waals surface area contributed by atoms with E-state index < -0.39 is 5.60 Å². The van der Waals surface area contributed by atoms with Crippen molar-refractivity contribution >= 4 is 49.2 Å². The van der Waals surface area contributed by atoms with Gasteiger partial charge in [0, 0.05) is 24.4 Å². The van der Waals surface area contributed by atoms with Crippen LogP contribution >= 0.6 is 27.3 Å². The fourth-order valence-electron chi connectivity index (χ4n) is 3.58. The molecule has 0 radical (unpaired) electrons. The quantitative estimate of drug-likeness (QED) is 0.429. The maximum absolute atomic E-state index is 10.1. The van der Waals surface area contributed by atoms with Crippen molar-refractivity contribution in [3.8, 4) is 11.4 Å². The minimum atomic E-state index is -0.667. The summed E-state index contributed by atoms with van der Waals surface area (Å²) in [6.07, 6.45) is 1.84. The number of hydrogen-bond donors (Lipinski definition) is 2. The summed E-state index contributed by atoms with van der Waals surface area (Å²) < 4.78 is 3.53. The maximum Gasteiger partial charge on any atom is 0.221 e. The first-order valence-corrected chi connectivity index (χ1v) is 11.5. The molecule has 5 rings (SSSR count). The van der Waals surface area contributed by atoms with Crippen LogP contribution in [0.5, 0.6) is 0 Å². The highest BCUT2D eigenvalue weighted by Gasteiger charge is 2.38. The van der Waals surface area contributed by atoms with E-state index in [0.29, 0.717) is 17.9 Å². The standard InChI is InChI=1S/C20H21BrN8OS/c1-20(2,30)11-6-28(7-11)15-5-3-4-12(23-15)8-29-9-14(26-27-29)17-18-16(13(21)10-31-18)24-19(22)25-17/h3-5,9-11,30H,6-8H2,1-2H3,(H2,22,24,25). The van der Waals surface area contributed by atoms with Crippen LogP contribution in [0.4, 0.5) is 11.8 Å². The van der Waals surface area contributed by atoms with Crippen molar-refractivity contribution in [2.75, 3.05) is 23.7 Å². The van der Waals surface area contributed by atoms with Crippen LogP contribution in [-0.2, 0) is 6.54 Å². The molecule has 4 aromatic heterocycles. The Bertz CT molecular complexity index is 1260. The average molecular weight is 501 g/mol. The van der Waals surface area contributed by atoms with Gasteiger partial charge in [-0.1, -0.05) is 11.3 Å². The highest BCUT2D eigenvalue weighted by Crippen LogP contribution is 2.35. The van der Waals surface area contributed by atoms with Crippen LogP contribution in [0, 0.1) is 5.92 Å². The van der Waals surface area contributed by atoms with E-state index in [1.807, 2.05) is 43.6 Å². The third kappa shape index (κ3) is 3.88. The van der Waals surface area contributed by atoms with Crippen molar-refractivity contribution in [2.45, 2.75) is 26.0 Å². The molecule has 1 aliphatic rings. The zero-order valence-electron chi connectivity index (χ0n) is 17.0. The smallest absolute Gasteiger partial charge is 0.221 e. The predicted molar refractivity (Wildman–Crippen MR) is 124 cm³/mol. The molecule has 0 aliphatic carbocycles. The van der Waals surface area contributed by atoms with Gasteiger partial charge in [0.05, 0.1) is 33.2 Å². The number of nitrogens with two attached hydrogens (primary N) is 1. The molecule has 31 heavy (non-hydrogen) atoms. The highest BCUT2D eigenvalue weighted by molar-refractivity contribution is 9.10. The van der Waals surface area contributed by atoms with E-state index in [0.717, 1.165) is 39.3 Å². The molecule has 0 saturated carbocycles. The first kappa shape index (κ1) is 20.3. The molecule has 1 fully saturated rings. The molecule has 1 saturated heterocycles. The first-order valence-electron chi connectivity index (χ1n) is 9.82. The molecule has 9 nitrogen and oxygen atoms in total. The third-order valence-electron chi connectivity index (χ3n) is 5.49. The summed E-state index contributed by atoms with van der Waals surface area (Å²) in [7, 11) is 0. The maximum atomic E-state index is 10.1. The minimum Gasteiger partial charge on any atom is -0.390 e. The summed E-state index contributed by atoms with van der Waals surface area (Å²) in [4.78, 5) is 15.6. The Morgan fingerprint density at radius 1 is 1.26 bits per heavy atom. The van der Waals surface area contributed by atoms with E-state index in [9.17, 15) is 5.11 Å². The van der Waals surface area contributed by atoms with Crippen molar-refractivity contribution in [1.82, 2.24) is 29.9 Å². The topological polar surface area (TPSA) is 119 Å². The van der Waals surface area contributed by atoms with Gasteiger partial charge >= 0.3 is 0 Å². The van der Waals surface area contributed by atoms with Gasteiger partial charge in [0.1, 0.15) is 22.7 Å². The SMILES string of the molecule is CC(C)(O)C1CN(c2cccc(Cn3cc(-c4nc(N)nc5c(Br)csc45)nn3)n2)C1. The third-order valence-corrected chi connectivity index (χ3v) is 7.37. The molecule has 0 bridgehead atoms. The second-order valence-corrected chi connectivity index (χ2v) is 9.97. The fraction of sp³-hybridized carbons (Fsp3) is 0.350. The number of anilines is 2. The Balaban J connectivity index is 1.36. The molecular weight excluding hydrogens is 480 g/mol. The molecule has 4 aromatic rings. The van der Waals surface area contributed by atoms with Gasteiger partial charge in [0.2, 0.25) is 5.95 Å². The Morgan fingerprint density at radius 2 is 2.06 bits per heavy atom.